The van der Waals surface area contributed by atoms with Crippen molar-refractivity contribution in [3.05, 3.63) is 218 Å². The van der Waals surface area contributed by atoms with Crippen LogP contribution in [0.3, 0.4) is 0 Å². The molecule has 10 aromatic carbocycles. The van der Waals surface area contributed by atoms with Gasteiger partial charge in [-0.2, -0.15) is 0 Å². The van der Waals surface area contributed by atoms with Gasteiger partial charge in [0.2, 0.25) is 0 Å². The van der Waals surface area contributed by atoms with E-state index in [1.54, 1.807) is 0 Å². The Labute approximate surface area is 367 Å². The van der Waals surface area contributed by atoms with Crippen LogP contribution >= 0.6 is 0 Å². The van der Waals surface area contributed by atoms with E-state index in [0.29, 0.717) is 0 Å². The average Bonchev–Trinajstić information content (AvgIpc) is 4.11. The zero-order valence-electron chi connectivity index (χ0n) is 34.5. The Kier molecular flexibility index (Phi) is 7.36. The molecular weight excluding hydrogens is 781 g/mol. The Morgan fingerprint density at radius 1 is 0.219 bits per heavy atom. The lowest BCUT2D eigenvalue weighted by Gasteiger charge is -2.10. The van der Waals surface area contributed by atoms with Gasteiger partial charge in [0.1, 0.15) is 22.3 Å². The number of hydrogen-bond acceptors (Lipinski definition) is 2. The van der Waals surface area contributed by atoms with Gasteiger partial charge in [-0.25, -0.2) is 0 Å². The van der Waals surface area contributed by atoms with E-state index in [2.05, 4.69) is 228 Å². The molecule has 298 valence electrons. The molecule has 0 saturated carbocycles. The molecule has 64 heavy (non-hydrogen) atoms. The molecular formula is C60H36N2O2. The average molecular weight is 817 g/mol. The second kappa shape index (κ2) is 13.4. The van der Waals surface area contributed by atoms with Gasteiger partial charge in [-0.05, 0) is 130 Å². The standard InChI is InChI=1S/C60H36N2O2/c1-3-11-37(12-4-1)39-21-27-57-49(33-39)51-35-43(23-29-59(51)63-57)61-53-17-9-7-15-45(53)47-31-41(19-25-55(47)61)42-20-26-56-48(32-42)46-16-8-10-18-54(46)62(56)44-24-30-60-52(36-44)50-34-40(22-28-58(50)64-60)38-13-5-2-6-14-38/h1-36H. The predicted molar refractivity (Wildman–Crippen MR) is 266 cm³/mol. The quantitative estimate of drug-likeness (QED) is 0.173. The van der Waals surface area contributed by atoms with Gasteiger partial charge in [-0.3, -0.25) is 0 Å². The number of para-hydroxylation sites is 2. The Morgan fingerprint density at radius 3 is 1.00 bits per heavy atom. The molecule has 4 heterocycles. The van der Waals surface area contributed by atoms with Crippen molar-refractivity contribution in [1.82, 2.24) is 9.13 Å². The predicted octanol–water partition coefficient (Wildman–Crippen LogP) is 16.7. The number of furan rings is 2. The Bertz CT molecular complexity index is 3910. The first-order valence-electron chi connectivity index (χ1n) is 21.8. The van der Waals surface area contributed by atoms with Crippen LogP contribution in [-0.2, 0) is 0 Å². The van der Waals surface area contributed by atoms with Crippen LogP contribution in [0.15, 0.2) is 227 Å². The van der Waals surface area contributed by atoms with E-state index in [1.807, 2.05) is 0 Å². The summed E-state index contributed by atoms with van der Waals surface area (Å²) in [4.78, 5) is 0. The largest absolute Gasteiger partial charge is 0.456 e. The molecule has 0 aliphatic carbocycles. The summed E-state index contributed by atoms with van der Waals surface area (Å²) in [7, 11) is 0. The Balaban J connectivity index is 0.893. The van der Waals surface area contributed by atoms with E-state index < -0.39 is 0 Å². The van der Waals surface area contributed by atoms with E-state index in [-0.39, 0.29) is 0 Å². The van der Waals surface area contributed by atoms with Gasteiger partial charge in [0.25, 0.3) is 0 Å². The van der Waals surface area contributed by atoms with Crippen LogP contribution in [0.5, 0.6) is 0 Å². The molecule has 0 unspecified atom stereocenters. The van der Waals surface area contributed by atoms with Crippen LogP contribution in [0.1, 0.15) is 0 Å². The second-order valence-electron chi connectivity index (χ2n) is 16.9. The number of fused-ring (bicyclic) bond motifs is 12. The monoisotopic (exact) mass is 816 g/mol. The van der Waals surface area contributed by atoms with Crippen LogP contribution in [0.4, 0.5) is 0 Å². The van der Waals surface area contributed by atoms with Gasteiger partial charge in [0, 0.05) is 54.5 Å². The van der Waals surface area contributed by atoms with E-state index in [0.717, 1.165) is 66.3 Å². The first-order chi connectivity index (χ1) is 31.7. The van der Waals surface area contributed by atoms with Crippen molar-refractivity contribution in [2.24, 2.45) is 0 Å². The summed E-state index contributed by atoms with van der Waals surface area (Å²) < 4.78 is 17.5. The smallest absolute Gasteiger partial charge is 0.135 e. The van der Waals surface area contributed by atoms with Gasteiger partial charge in [0.05, 0.1) is 22.1 Å². The molecule has 0 amide bonds. The number of benzene rings is 10. The molecule has 4 nitrogen and oxygen atoms in total. The minimum absolute atomic E-state index is 0.886. The zero-order valence-corrected chi connectivity index (χ0v) is 34.5. The van der Waals surface area contributed by atoms with E-state index in [1.165, 1.54) is 66.0 Å². The Hall–Kier alpha value is -8.60. The highest BCUT2D eigenvalue weighted by atomic mass is 16.3. The SMILES string of the molecule is c1ccc(-c2ccc3oc4ccc(-n5c6ccccc6c6cc(-c7ccc8c(c7)c7ccccc7n8-c7ccc8oc9ccc(-c%10ccccc%10)cc9c8c7)ccc65)cc4c3c2)cc1. The van der Waals surface area contributed by atoms with Crippen molar-refractivity contribution in [3.8, 4) is 44.8 Å². The van der Waals surface area contributed by atoms with E-state index in [4.69, 9.17) is 8.83 Å². The van der Waals surface area contributed by atoms with Crippen molar-refractivity contribution < 1.29 is 8.83 Å². The number of aromatic nitrogens is 2. The molecule has 14 rings (SSSR count). The molecule has 0 saturated heterocycles. The van der Waals surface area contributed by atoms with Gasteiger partial charge >= 0.3 is 0 Å². The fourth-order valence-electron chi connectivity index (χ4n) is 10.3. The maximum Gasteiger partial charge on any atom is 0.135 e. The van der Waals surface area contributed by atoms with E-state index in [9.17, 15) is 0 Å². The summed E-state index contributed by atoms with van der Waals surface area (Å²) in [6.07, 6.45) is 0. The van der Waals surface area contributed by atoms with Crippen molar-refractivity contribution in [3.63, 3.8) is 0 Å². The first-order valence-corrected chi connectivity index (χ1v) is 21.8. The lowest BCUT2D eigenvalue weighted by molar-refractivity contribution is 0.668. The summed E-state index contributed by atoms with van der Waals surface area (Å²) in [5.74, 6) is 0. The molecule has 0 spiro atoms. The van der Waals surface area contributed by atoms with Crippen molar-refractivity contribution in [2.45, 2.75) is 0 Å². The lowest BCUT2D eigenvalue weighted by atomic mass is 10.0. The third kappa shape index (κ3) is 5.23. The summed E-state index contributed by atoms with van der Waals surface area (Å²) in [6, 6.07) is 78.6. The highest BCUT2D eigenvalue weighted by Crippen LogP contribution is 2.41. The van der Waals surface area contributed by atoms with Gasteiger partial charge < -0.3 is 18.0 Å². The maximum absolute atomic E-state index is 6.37. The molecule has 0 aliphatic heterocycles. The van der Waals surface area contributed by atoms with Crippen LogP contribution in [0, 0.1) is 0 Å². The third-order valence-corrected chi connectivity index (χ3v) is 13.3. The third-order valence-electron chi connectivity index (χ3n) is 13.3. The molecule has 0 atom stereocenters. The summed E-state index contributed by atoms with van der Waals surface area (Å²) in [5.41, 5.74) is 17.5. The molecule has 0 radical (unpaired) electrons. The fourth-order valence-corrected chi connectivity index (χ4v) is 10.3. The van der Waals surface area contributed by atoms with Crippen LogP contribution < -0.4 is 0 Å². The normalized spacial score (nSPS) is 12.1. The molecule has 14 aromatic rings. The molecule has 4 heteroatoms. The van der Waals surface area contributed by atoms with Gasteiger partial charge in [-0.1, -0.05) is 121 Å². The number of nitrogens with zero attached hydrogens (tertiary/aromatic N) is 2. The molecule has 0 bridgehead atoms. The van der Waals surface area contributed by atoms with Crippen LogP contribution in [-0.4, -0.2) is 9.13 Å². The lowest BCUT2D eigenvalue weighted by Crippen LogP contribution is -1.94. The van der Waals surface area contributed by atoms with Gasteiger partial charge in [-0.15, -0.1) is 0 Å². The van der Waals surface area contributed by atoms with Crippen molar-refractivity contribution >= 4 is 87.5 Å². The minimum Gasteiger partial charge on any atom is -0.456 e. The van der Waals surface area contributed by atoms with E-state index >= 15 is 0 Å². The second-order valence-corrected chi connectivity index (χ2v) is 16.9. The van der Waals surface area contributed by atoms with Gasteiger partial charge in [0.15, 0.2) is 0 Å². The Morgan fingerprint density at radius 2 is 0.547 bits per heavy atom. The van der Waals surface area contributed by atoms with Crippen molar-refractivity contribution in [2.75, 3.05) is 0 Å². The van der Waals surface area contributed by atoms with Crippen LogP contribution in [0.25, 0.3) is 132 Å². The molecule has 0 fully saturated rings. The van der Waals surface area contributed by atoms with Crippen molar-refractivity contribution in [1.29, 1.82) is 0 Å². The minimum atomic E-state index is 0.886. The summed E-state index contributed by atoms with van der Waals surface area (Å²) in [6.45, 7) is 0. The topological polar surface area (TPSA) is 36.1 Å². The fraction of sp³-hybridized carbons (Fsp3) is 0. The number of rotatable bonds is 5. The summed E-state index contributed by atoms with van der Waals surface area (Å²) >= 11 is 0. The number of hydrogen-bond donors (Lipinski definition) is 0. The highest BCUT2D eigenvalue weighted by Gasteiger charge is 2.19. The molecule has 4 aromatic heterocycles. The van der Waals surface area contributed by atoms with Crippen LogP contribution in [0.2, 0.25) is 0 Å². The first kappa shape index (κ1) is 35.0. The highest BCUT2D eigenvalue weighted by molar-refractivity contribution is 6.14. The molecule has 0 aliphatic rings. The summed E-state index contributed by atoms with van der Waals surface area (Å²) in [5, 5.41) is 9.32. The zero-order chi connectivity index (χ0) is 41.9. The molecule has 0 N–H and O–H groups in total. The maximum atomic E-state index is 6.37.